The maximum absolute atomic E-state index is 13.5. The topological polar surface area (TPSA) is 20.2 Å². The van der Waals surface area contributed by atoms with Crippen LogP contribution in [0.3, 0.4) is 0 Å². The average Bonchev–Trinajstić information content (AvgIpc) is 2.21. The SMILES string of the molecule is Cc1cc(F)cc(C2(O)CCCCC2(C)C)c1. The normalized spacial score (nSPS) is 28.1. The summed E-state index contributed by atoms with van der Waals surface area (Å²) in [5.74, 6) is -0.255. The molecular weight excluding hydrogens is 215 g/mol. The first-order valence-electron chi connectivity index (χ1n) is 6.35. The first kappa shape index (κ1) is 12.6. The molecule has 0 aromatic heterocycles. The van der Waals surface area contributed by atoms with Crippen molar-refractivity contribution in [2.24, 2.45) is 5.41 Å². The van der Waals surface area contributed by atoms with Gasteiger partial charge in [-0.1, -0.05) is 32.8 Å². The highest BCUT2D eigenvalue weighted by atomic mass is 19.1. The van der Waals surface area contributed by atoms with E-state index in [0.717, 1.165) is 36.8 Å². The van der Waals surface area contributed by atoms with Gasteiger partial charge in [0.05, 0.1) is 5.60 Å². The lowest BCUT2D eigenvalue weighted by atomic mass is 9.62. The Hall–Kier alpha value is -0.890. The predicted molar refractivity (Wildman–Crippen MR) is 67.3 cm³/mol. The van der Waals surface area contributed by atoms with Crippen LogP contribution in [0.4, 0.5) is 4.39 Å². The van der Waals surface area contributed by atoms with Crippen LogP contribution in [-0.4, -0.2) is 5.11 Å². The molecule has 94 valence electrons. The third kappa shape index (κ3) is 2.11. The van der Waals surface area contributed by atoms with E-state index in [2.05, 4.69) is 13.8 Å². The van der Waals surface area contributed by atoms with Gasteiger partial charge in [0.25, 0.3) is 0 Å². The van der Waals surface area contributed by atoms with Crippen LogP contribution >= 0.6 is 0 Å². The van der Waals surface area contributed by atoms with Crippen molar-refractivity contribution in [3.63, 3.8) is 0 Å². The Balaban J connectivity index is 2.49. The van der Waals surface area contributed by atoms with Gasteiger partial charge in [-0.3, -0.25) is 0 Å². The van der Waals surface area contributed by atoms with Gasteiger partial charge in [-0.05, 0) is 48.4 Å². The summed E-state index contributed by atoms with van der Waals surface area (Å²) in [5.41, 5.74) is 0.526. The summed E-state index contributed by atoms with van der Waals surface area (Å²) >= 11 is 0. The molecule has 0 bridgehead atoms. The maximum Gasteiger partial charge on any atom is 0.123 e. The lowest BCUT2D eigenvalue weighted by molar-refractivity contribution is -0.104. The van der Waals surface area contributed by atoms with Gasteiger partial charge in [-0.25, -0.2) is 4.39 Å². The van der Waals surface area contributed by atoms with Gasteiger partial charge in [0, 0.05) is 0 Å². The lowest BCUT2D eigenvalue weighted by Gasteiger charge is -2.47. The lowest BCUT2D eigenvalue weighted by Crippen LogP contribution is -2.44. The summed E-state index contributed by atoms with van der Waals surface area (Å²) in [7, 11) is 0. The molecule has 1 atom stereocenters. The van der Waals surface area contributed by atoms with E-state index < -0.39 is 5.60 Å². The van der Waals surface area contributed by atoms with Crippen LogP contribution < -0.4 is 0 Å². The molecule has 0 aliphatic heterocycles. The van der Waals surface area contributed by atoms with E-state index in [1.54, 1.807) is 0 Å². The molecule has 0 radical (unpaired) electrons. The van der Waals surface area contributed by atoms with Gasteiger partial charge in [0.15, 0.2) is 0 Å². The van der Waals surface area contributed by atoms with Crippen LogP contribution in [0.15, 0.2) is 18.2 Å². The summed E-state index contributed by atoms with van der Waals surface area (Å²) in [5, 5.41) is 11.0. The quantitative estimate of drug-likeness (QED) is 0.783. The van der Waals surface area contributed by atoms with Gasteiger partial charge in [-0.2, -0.15) is 0 Å². The van der Waals surface area contributed by atoms with E-state index in [0.29, 0.717) is 0 Å². The molecule has 17 heavy (non-hydrogen) atoms. The highest BCUT2D eigenvalue weighted by Crippen LogP contribution is 2.50. The summed E-state index contributed by atoms with van der Waals surface area (Å²) in [6, 6.07) is 4.90. The minimum absolute atomic E-state index is 0.189. The standard InChI is InChI=1S/C15H21FO/c1-11-8-12(10-13(16)9-11)15(17)7-5-4-6-14(15,2)3/h8-10,17H,4-7H2,1-3H3. The Morgan fingerprint density at radius 1 is 1.12 bits per heavy atom. The first-order chi connectivity index (χ1) is 7.85. The van der Waals surface area contributed by atoms with Crippen LogP contribution in [-0.2, 0) is 5.60 Å². The smallest absolute Gasteiger partial charge is 0.123 e. The molecule has 1 N–H and O–H groups in total. The van der Waals surface area contributed by atoms with Gasteiger partial charge in [-0.15, -0.1) is 0 Å². The zero-order valence-corrected chi connectivity index (χ0v) is 10.9. The highest BCUT2D eigenvalue weighted by Gasteiger charge is 2.46. The van der Waals surface area contributed by atoms with Crippen molar-refractivity contribution in [3.8, 4) is 0 Å². The molecule has 2 heteroatoms. The fourth-order valence-electron chi connectivity index (χ4n) is 3.00. The van der Waals surface area contributed by atoms with Crippen LogP contribution in [0.1, 0.15) is 50.7 Å². The third-order valence-electron chi connectivity index (χ3n) is 4.23. The van der Waals surface area contributed by atoms with E-state index in [9.17, 15) is 9.50 Å². The Morgan fingerprint density at radius 2 is 1.76 bits per heavy atom. The van der Waals surface area contributed by atoms with Crippen molar-refractivity contribution in [1.29, 1.82) is 0 Å². The Labute approximate surface area is 103 Å². The number of aryl methyl sites for hydroxylation is 1. The molecule has 1 aliphatic rings. The Bertz CT molecular complexity index is 405. The molecule has 1 nitrogen and oxygen atoms in total. The molecular formula is C15H21FO. The van der Waals surface area contributed by atoms with E-state index in [1.807, 2.05) is 13.0 Å². The van der Waals surface area contributed by atoms with E-state index in [4.69, 9.17) is 0 Å². The van der Waals surface area contributed by atoms with Crippen LogP contribution in [0.5, 0.6) is 0 Å². The molecule has 1 fully saturated rings. The van der Waals surface area contributed by atoms with Gasteiger partial charge >= 0.3 is 0 Å². The van der Waals surface area contributed by atoms with Crippen LogP contribution in [0.25, 0.3) is 0 Å². The molecule has 1 unspecified atom stereocenters. The number of benzene rings is 1. The van der Waals surface area contributed by atoms with Crippen molar-refractivity contribution in [2.45, 2.75) is 52.1 Å². The highest BCUT2D eigenvalue weighted by molar-refractivity contribution is 5.30. The van der Waals surface area contributed by atoms with Crippen LogP contribution in [0, 0.1) is 18.2 Å². The Morgan fingerprint density at radius 3 is 2.35 bits per heavy atom. The first-order valence-corrected chi connectivity index (χ1v) is 6.35. The Kier molecular flexibility index (Phi) is 3.03. The zero-order valence-electron chi connectivity index (χ0n) is 10.9. The molecule has 1 aliphatic carbocycles. The third-order valence-corrected chi connectivity index (χ3v) is 4.23. The number of rotatable bonds is 1. The molecule has 1 aromatic rings. The molecule has 0 amide bonds. The van der Waals surface area contributed by atoms with Crippen molar-refractivity contribution >= 4 is 0 Å². The molecule has 0 saturated heterocycles. The van der Waals surface area contributed by atoms with Gasteiger partial charge in [0.1, 0.15) is 5.82 Å². The van der Waals surface area contributed by atoms with E-state index >= 15 is 0 Å². The predicted octanol–water partition coefficient (Wildman–Crippen LogP) is 3.92. The number of hydrogen-bond acceptors (Lipinski definition) is 1. The monoisotopic (exact) mass is 236 g/mol. The minimum Gasteiger partial charge on any atom is -0.385 e. The molecule has 0 heterocycles. The van der Waals surface area contributed by atoms with Crippen molar-refractivity contribution < 1.29 is 9.50 Å². The molecule has 1 aromatic carbocycles. The second kappa shape index (κ2) is 4.09. The van der Waals surface area contributed by atoms with Gasteiger partial charge in [0.2, 0.25) is 0 Å². The zero-order chi connectivity index (χ0) is 12.7. The second-order valence-corrected chi connectivity index (χ2v) is 5.97. The average molecular weight is 236 g/mol. The maximum atomic E-state index is 13.5. The fraction of sp³-hybridized carbons (Fsp3) is 0.600. The number of aliphatic hydroxyl groups is 1. The van der Waals surface area contributed by atoms with Gasteiger partial charge < -0.3 is 5.11 Å². The summed E-state index contributed by atoms with van der Waals surface area (Å²) in [6.45, 7) is 6.02. The summed E-state index contributed by atoms with van der Waals surface area (Å²) in [4.78, 5) is 0. The fourth-order valence-corrected chi connectivity index (χ4v) is 3.00. The van der Waals surface area contributed by atoms with Crippen molar-refractivity contribution in [1.82, 2.24) is 0 Å². The summed E-state index contributed by atoms with van der Waals surface area (Å²) < 4.78 is 13.5. The molecule has 1 saturated carbocycles. The van der Waals surface area contributed by atoms with Crippen molar-refractivity contribution in [3.05, 3.63) is 35.1 Å². The summed E-state index contributed by atoms with van der Waals surface area (Å²) in [6.07, 6.45) is 3.86. The molecule has 0 spiro atoms. The molecule has 2 rings (SSSR count). The van der Waals surface area contributed by atoms with E-state index in [1.165, 1.54) is 12.1 Å². The second-order valence-electron chi connectivity index (χ2n) is 5.97. The minimum atomic E-state index is -0.891. The van der Waals surface area contributed by atoms with E-state index in [-0.39, 0.29) is 11.2 Å². The number of hydrogen-bond donors (Lipinski definition) is 1. The number of halogens is 1. The largest absolute Gasteiger partial charge is 0.385 e. The van der Waals surface area contributed by atoms with Crippen LogP contribution in [0.2, 0.25) is 0 Å². The van der Waals surface area contributed by atoms with Crippen molar-refractivity contribution in [2.75, 3.05) is 0 Å².